The van der Waals surface area contributed by atoms with Gasteiger partial charge in [-0.25, -0.2) is 17.9 Å². The van der Waals surface area contributed by atoms with Gasteiger partial charge in [0.15, 0.2) is 0 Å². The van der Waals surface area contributed by atoms with E-state index in [4.69, 9.17) is 10.00 Å². The lowest BCUT2D eigenvalue weighted by Gasteiger charge is -2.34. The number of sulfonamides is 1. The minimum absolute atomic E-state index is 0.165. The summed E-state index contributed by atoms with van der Waals surface area (Å²) in [5.74, 6) is -0.165. The van der Waals surface area contributed by atoms with E-state index in [2.05, 4.69) is 4.72 Å². The molecule has 1 N–H and O–H groups in total. The van der Waals surface area contributed by atoms with Crippen molar-refractivity contribution >= 4 is 16.1 Å². The van der Waals surface area contributed by atoms with E-state index in [9.17, 15) is 13.2 Å². The van der Waals surface area contributed by atoms with E-state index in [1.807, 2.05) is 6.07 Å². The molecule has 0 unspecified atom stereocenters. The Balaban J connectivity index is 1.95. The predicted octanol–water partition coefficient (Wildman–Crippen LogP) is 2.38. The summed E-state index contributed by atoms with van der Waals surface area (Å²) >= 11 is 0. The van der Waals surface area contributed by atoms with E-state index >= 15 is 0 Å². The first-order chi connectivity index (χ1) is 12.1. The number of amides is 1. The fraction of sp³-hybridized carbons (Fsp3) is 0.556. The zero-order valence-corrected chi connectivity index (χ0v) is 16.2. The predicted molar refractivity (Wildman–Crippen MR) is 97.7 cm³/mol. The molecule has 0 aliphatic carbocycles. The summed E-state index contributed by atoms with van der Waals surface area (Å²) < 4.78 is 32.9. The summed E-state index contributed by atoms with van der Waals surface area (Å²) in [6.45, 7) is 6.25. The highest BCUT2D eigenvalue weighted by molar-refractivity contribution is 7.88. The number of carbonyl (C=O) groups is 1. The average molecular weight is 379 g/mol. The second-order valence-corrected chi connectivity index (χ2v) is 9.21. The maximum atomic E-state index is 12.4. The molecule has 1 atom stereocenters. The van der Waals surface area contributed by atoms with Crippen LogP contribution in [0.4, 0.5) is 4.79 Å². The maximum Gasteiger partial charge on any atom is 0.410 e. The van der Waals surface area contributed by atoms with Crippen molar-refractivity contribution < 1.29 is 17.9 Å². The number of nitrogens with one attached hydrogen (secondary N) is 1. The summed E-state index contributed by atoms with van der Waals surface area (Å²) in [5, 5.41) is 8.79. The molecule has 1 heterocycles. The van der Waals surface area contributed by atoms with Crippen molar-refractivity contribution in [3.8, 4) is 6.07 Å². The molecule has 7 nitrogen and oxygen atoms in total. The number of piperidine rings is 1. The first-order valence-corrected chi connectivity index (χ1v) is 10.2. The monoisotopic (exact) mass is 379 g/mol. The van der Waals surface area contributed by atoms with Crippen LogP contribution in [0, 0.1) is 11.3 Å². The van der Waals surface area contributed by atoms with Crippen LogP contribution in [0.15, 0.2) is 24.3 Å². The molecule has 26 heavy (non-hydrogen) atoms. The van der Waals surface area contributed by atoms with Gasteiger partial charge in [-0.1, -0.05) is 12.1 Å². The normalized spacial score (nSPS) is 18.2. The molecule has 1 aromatic rings. The van der Waals surface area contributed by atoms with E-state index < -0.39 is 21.7 Å². The molecular formula is C18H25N3O4S. The molecule has 142 valence electrons. The minimum Gasteiger partial charge on any atom is -0.444 e. The van der Waals surface area contributed by atoms with Crippen LogP contribution in [0.5, 0.6) is 0 Å². The van der Waals surface area contributed by atoms with Gasteiger partial charge >= 0.3 is 6.09 Å². The first kappa shape index (κ1) is 20.2. The Morgan fingerprint density at radius 1 is 1.35 bits per heavy atom. The van der Waals surface area contributed by atoms with Crippen molar-refractivity contribution in [2.75, 3.05) is 13.1 Å². The molecule has 0 radical (unpaired) electrons. The van der Waals surface area contributed by atoms with E-state index in [0.29, 0.717) is 37.1 Å². The van der Waals surface area contributed by atoms with Crippen molar-refractivity contribution in [1.29, 1.82) is 5.26 Å². The molecule has 1 aliphatic rings. The largest absolute Gasteiger partial charge is 0.444 e. The second kappa shape index (κ2) is 8.06. The van der Waals surface area contributed by atoms with Crippen LogP contribution in [0.25, 0.3) is 0 Å². The summed E-state index contributed by atoms with van der Waals surface area (Å²) in [5.41, 5.74) is 0.509. The lowest BCUT2D eigenvalue weighted by atomic mass is 10.1. The Hall–Kier alpha value is -2.11. The Bertz CT molecular complexity index is 776. The Kier molecular flexibility index (Phi) is 6.26. The zero-order valence-electron chi connectivity index (χ0n) is 15.4. The quantitative estimate of drug-likeness (QED) is 0.866. The summed E-state index contributed by atoms with van der Waals surface area (Å²) in [7, 11) is -3.55. The molecule has 1 aliphatic heterocycles. The van der Waals surface area contributed by atoms with Gasteiger partial charge < -0.3 is 9.64 Å². The second-order valence-electron chi connectivity index (χ2n) is 7.45. The standard InChI is InChI=1S/C18H25N3O4S/c1-18(2,3)25-17(22)21-10-4-5-16(12-21)20-26(23,24)13-15-8-6-14(11-19)7-9-15/h6-9,16,20H,4-5,10,12-13H2,1-3H3/t16-/m1/s1. The number of nitrogens with zero attached hydrogens (tertiary/aromatic N) is 2. The van der Waals surface area contributed by atoms with E-state index in [1.54, 1.807) is 49.9 Å². The zero-order chi connectivity index (χ0) is 19.4. The van der Waals surface area contributed by atoms with Gasteiger partial charge in [-0.15, -0.1) is 0 Å². The Morgan fingerprint density at radius 3 is 2.58 bits per heavy atom. The Labute approximate surface area is 155 Å². The van der Waals surface area contributed by atoms with E-state index in [0.717, 1.165) is 0 Å². The van der Waals surface area contributed by atoms with Gasteiger partial charge in [0.2, 0.25) is 10.0 Å². The number of rotatable bonds is 4. The van der Waals surface area contributed by atoms with Crippen LogP contribution >= 0.6 is 0 Å². The van der Waals surface area contributed by atoms with Gasteiger partial charge in [-0.2, -0.15) is 5.26 Å². The van der Waals surface area contributed by atoms with Crippen molar-refractivity contribution in [3.63, 3.8) is 0 Å². The number of carbonyl (C=O) groups excluding carboxylic acids is 1. The third-order valence-corrected chi connectivity index (χ3v) is 5.26. The SMILES string of the molecule is CC(C)(C)OC(=O)N1CCC[C@@H](NS(=O)(=O)Cc2ccc(C#N)cc2)C1. The Morgan fingerprint density at radius 2 is 2.00 bits per heavy atom. The molecule has 0 saturated carbocycles. The third kappa shape index (κ3) is 6.32. The number of hydrogen-bond donors (Lipinski definition) is 1. The number of benzene rings is 1. The van der Waals surface area contributed by atoms with Gasteiger partial charge in [-0.3, -0.25) is 0 Å². The van der Waals surface area contributed by atoms with Crippen LogP contribution in [0.2, 0.25) is 0 Å². The molecule has 1 fully saturated rings. The molecule has 8 heteroatoms. The lowest BCUT2D eigenvalue weighted by Crippen LogP contribution is -2.50. The molecule has 1 amide bonds. The van der Waals surface area contributed by atoms with Crippen molar-refractivity contribution in [2.45, 2.75) is 51.0 Å². The molecule has 1 aromatic carbocycles. The van der Waals surface area contributed by atoms with Crippen LogP contribution in [0.3, 0.4) is 0 Å². The summed E-state index contributed by atoms with van der Waals surface area (Å²) in [4.78, 5) is 13.7. The lowest BCUT2D eigenvalue weighted by molar-refractivity contribution is 0.0195. The smallest absolute Gasteiger partial charge is 0.410 e. The molecule has 0 spiro atoms. The van der Waals surface area contributed by atoms with E-state index in [1.165, 1.54) is 0 Å². The summed E-state index contributed by atoms with van der Waals surface area (Å²) in [6, 6.07) is 8.11. The molecule has 2 rings (SSSR count). The molecule has 1 saturated heterocycles. The number of hydrogen-bond acceptors (Lipinski definition) is 5. The number of nitriles is 1. The highest BCUT2D eigenvalue weighted by Crippen LogP contribution is 2.17. The average Bonchev–Trinajstić information content (AvgIpc) is 2.53. The number of likely N-dealkylation sites (tertiary alicyclic amines) is 1. The fourth-order valence-electron chi connectivity index (χ4n) is 2.76. The highest BCUT2D eigenvalue weighted by atomic mass is 32.2. The van der Waals surface area contributed by atoms with Gasteiger partial charge in [0.05, 0.1) is 17.4 Å². The van der Waals surface area contributed by atoms with Gasteiger partial charge in [0.25, 0.3) is 0 Å². The topological polar surface area (TPSA) is 99.5 Å². The van der Waals surface area contributed by atoms with Crippen LogP contribution < -0.4 is 4.72 Å². The summed E-state index contributed by atoms with van der Waals surface area (Å²) in [6.07, 6.45) is 0.961. The molecular weight excluding hydrogens is 354 g/mol. The van der Waals surface area contributed by atoms with Crippen molar-refractivity contribution in [2.24, 2.45) is 0 Å². The van der Waals surface area contributed by atoms with Crippen molar-refractivity contribution in [1.82, 2.24) is 9.62 Å². The molecule has 0 aromatic heterocycles. The van der Waals surface area contributed by atoms with Crippen molar-refractivity contribution in [3.05, 3.63) is 35.4 Å². The maximum absolute atomic E-state index is 12.4. The molecule has 0 bridgehead atoms. The van der Waals surface area contributed by atoms with Crippen LogP contribution in [-0.4, -0.2) is 44.1 Å². The fourth-order valence-corrected chi connectivity index (χ4v) is 4.17. The van der Waals surface area contributed by atoms with Gasteiger partial charge in [-0.05, 0) is 51.3 Å². The highest BCUT2D eigenvalue weighted by Gasteiger charge is 2.29. The van der Waals surface area contributed by atoms with Crippen LogP contribution in [-0.2, 0) is 20.5 Å². The van der Waals surface area contributed by atoms with Gasteiger partial charge in [0, 0.05) is 19.1 Å². The first-order valence-electron chi connectivity index (χ1n) is 8.55. The van der Waals surface area contributed by atoms with E-state index in [-0.39, 0.29) is 11.8 Å². The van der Waals surface area contributed by atoms with Crippen LogP contribution in [0.1, 0.15) is 44.7 Å². The minimum atomic E-state index is -3.55. The van der Waals surface area contributed by atoms with Gasteiger partial charge in [0.1, 0.15) is 5.60 Å². The third-order valence-electron chi connectivity index (χ3n) is 3.86. The number of ether oxygens (including phenoxy) is 1.